The zero-order valence-electron chi connectivity index (χ0n) is 5.45. The number of hydrogen-bond acceptors (Lipinski definition) is 1. The number of halogens is 3. The number of alkyl halides is 3. The van der Waals surface area contributed by atoms with E-state index in [1.807, 2.05) is 0 Å². The highest BCUT2D eigenvalue weighted by Crippen LogP contribution is 2.29. The smallest absolute Gasteiger partial charge is 0.372 e. The third-order valence-electron chi connectivity index (χ3n) is 1.32. The van der Waals surface area contributed by atoms with Gasteiger partial charge < -0.3 is 4.74 Å². The van der Waals surface area contributed by atoms with Crippen LogP contribution in [0, 0.1) is 5.92 Å². The van der Waals surface area contributed by atoms with Gasteiger partial charge in [-0.05, 0) is 18.8 Å². The Morgan fingerprint density at radius 1 is 1.30 bits per heavy atom. The monoisotopic (exact) mass is 154 g/mol. The molecule has 1 rings (SSSR count). The van der Waals surface area contributed by atoms with Crippen molar-refractivity contribution in [2.75, 3.05) is 13.2 Å². The van der Waals surface area contributed by atoms with Crippen LogP contribution in [0.25, 0.3) is 0 Å². The Morgan fingerprint density at radius 3 is 2.30 bits per heavy atom. The molecule has 0 N–H and O–H groups in total. The fraction of sp³-hybridized carbons (Fsp3) is 1.00. The Hall–Kier alpha value is -0.250. The zero-order valence-corrected chi connectivity index (χ0v) is 5.45. The van der Waals surface area contributed by atoms with E-state index in [0.717, 1.165) is 12.8 Å². The molecule has 60 valence electrons. The van der Waals surface area contributed by atoms with Crippen LogP contribution in [0.15, 0.2) is 0 Å². The summed E-state index contributed by atoms with van der Waals surface area (Å²) in [6, 6.07) is 0. The summed E-state index contributed by atoms with van der Waals surface area (Å²) in [5, 5.41) is 0. The molecule has 1 saturated carbocycles. The van der Waals surface area contributed by atoms with Crippen molar-refractivity contribution in [1.82, 2.24) is 0 Å². The van der Waals surface area contributed by atoms with Crippen LogP contribution >= 0.6 is 0 Å². The summed E-state index contributed by atoms with van der Waals surface area (Å²) in [6.07, 6.45) is -2.11. The van der Waals surface area contributed by atoms with E-state index in [1.54, 1.807) is 0 Å². The maximum Gasteiger partial charge on any atom is 0.411 e. The van der Waals surface area contributed by atoms with E-state index < -0.39 is 12.8 Å². The highest BCUT2D eigenvalue weighted by Gasteiger charge is 2.29. The Balaban J connectivity index is 1.93. The van der Waals surface area contributed by atoms with E-state index in [0.29, 0.717) is 5.92 Å². The van der Waals surface area contributed by atoms with Gasteiger partial charge in [0.1, 0.15) is 6.61 Å². The average Bonchev–Trinajstić information content (AvgIpc) is 2.45. The van der Waals surface area contributed by atoms with Gasteiger partial charge in [0.2, 0.25) is 0 Å². The first-order chi connectivity index (χ1) is 4.58. The van der Waals surface area contributed by atoms with Crippen LogP contribution in [0.4, 0.5) is 13.2 Å². The molecule has 10 heavy (non-hydrogen) atoms. The Morgan fingerprint density at radius 2 is 1.90 bits per heavy atom. The van der Waals surface area contributed by atoms with Gasteiger partial charge in [-0.3, -0.25) is 0 Å². The number of ether oxygens (including phenoxy) is 1. The molecule has 1 nitrogen and oxygen atoms in total. The first-order valence-corrected chi connectivity index (χ1v) is 3.22. The average molecular weight is 154 g/mol. The van der Waals surface area contributed by atoms with E-state index in [9.17, 15) is 13.2 Å². The SMILES string of the molecule is FC(F)(F)COCC1CC1. The van der Waals surface area contributed by atoms with Gasteiger partial charge in [0.15, 0.2) is 0 Å². The third-order valence-corrected chi connectivity index (χ3v) is 1.32. The van der Waals surface area contributed by atoms with Crippen molar-refractivity contribution >= 4 is 0 Å². The summed E-state index contributed by atoms with van der Waals surface area (Å²) >= 11 is 0. The molecule has 0 spiro atoms. The van der Waals surface area contributed by atoms with Crippen molar-refractivity contribution in [1.29, 1.82) is 0 Å². The molecule has 0 heterocycles. The molecule has 4 heteroatoms. The van der Waals surface area contributed by atoms with Gasteiger partial charge in [0.25, 0.3) is 0 Å². The van der Waals surface area contributed by atoms with Crippen LogP contribution in [0.1, 0.15) is 12.8 Å². The van der Waals surface area contributed by atoms with Crippen molar-refractivity contribution in [3.05, 3.63) is 0 Å². The standard InChI is InChI=1S/C6H9F3O/c7-6(8,9)4-10-3-5-1-2-5/h5H,1-4H2. The highest BCUT2D eigenvalue weighted by molar-refractivity contribution is 4.72. The van der Waals surface area contributed by atoms with Crippen LogP contribution in [-0.2, 0) is 4.74 Å². The lowest BCUT2D eigenvalue weighted by Crippen LogP contribution is -2.17. The van der Waals surface area contributed by atoms with E-state index in [1.165, 1.54) is 0 Å². The van der Waals surface area contributed by atoms with E-state index in [4.69, 9.17) is 0 Å². The molecule has 1 aliphatic rings. The van der Waals surface area contributed by atoms with Crippen molar-refractivity contribution in [3.63, 3.8) is 0 Å². The molecular formula is C6H9F3O. The molecule has 0 aromatic carbocycles. The maximum atomic E-state index is 11.4. The normalized spacial score (nSPS) is 19.5. The Bertz CT molecular complexity index is 106. The van der Waals surface area contributed by atoms with Crippen molar-refractivity contribution in [2.24, 2.45) is 5.92 Å². The molecule has 0 atom stereocenters. The van der Waals surface area contributed by atoms with Crippen LogP contribution < -0.4 is 0 Å². The predicted molar refractivity (Wildman–Crippen MR) is 29.6 cm³/mol. The zero-order chi connectivity index (χ0) is 7.61. The van der Waals surface area contributed by atoms with Crippen molar-refractivity contribution in [2.45, 2.75) is 19.0 Å². The molecule has 0 radical (unpaired) electrons. The molecular weight excluding hydrogens is 145 g/mol. The van der Waals surface area contributed by atoms with E-state index in [-0.39, 0.29) is 6.61 Å². The van der Waals surface area contributed by atoms with Crippen molar-refractivity contribution < 1.29 is 17.9 Å². The van der Waals surface area contributed by atoms with Gasteiger partial charge in [0, 0.05) is 6.61 Å². The summed E-state index contributed by atoms with van der Waals surface area (Å²) in [5.41, 5.74) is 0. The largest absolute Gasteiger partial charge is 0.411 e. The molecule has 0 saturated heterocycles. The molecule has 0 aromatic rings. The summed E-state index contributed by atoms with van der Waals surface area (Å²) in [7, 11) is 0. The summed E-state index contributed by atoms with van der Waals surface area (Å²) < 4.78 is 38.6. The van der Waals surface area contributed by atoms with Gasteiger partial charge in [-0.15, -0.1) is 0 Å². The van der Waals surface area contributed by atoms with Gasteiger partial charge in [-0.2, -0.15) is 13.2 Å². The summed E-state index contributed by atoms with van der Waals surface area (Å²) in [6.45, 7) is -0.816. The lowest BCUT2D eigenvalue weighted by molar-refractivity contribution is -0.174. The third kappa shape index (κ3) is 3.71. The summed E-state index contributed by atoms with van der Waals surface area (Å²) in [5.74, 6) is 0.405. The molecule has 0 aliphatic heterocycles. The second kappa shape index (κ2) is 2.78. The Labute approximate surface area is 57.2 Å². The maximum absolute atomic E-state index is 11.4. The first kappa shape index (κ1) is 7.85. The van der Waals surface area contributed by atoms with Crippen LogP contribution in [0.5, 0.6) is 0 Å². The van der Waals surface area contributed by atoms with Gasteiger partial charge in [0.05, 0.1) is 0 Å². The number of rotatable bonds is 3. The quantitative estimate of drug-likeness (QED) is 0.603. The van der Waals surface area contributed by atoms with Crippen LogP contribution in [0.3, 0.4) is 0 Å². The molecule has 0 aromatic heterocycles. The topological polar surface area (TPSA) is 9.23 Å². The fourth-order valence-electron chi connectivity index (χ4n) is 0.626. The minimum atomic E-state index is -4.16. The lowest BCUT2D eigenvalue weighted by atomic mass is 10.5. The molecule has 1 aliphatic carbocycles. The van der Waals surface area contributed by atoms with E-state index >= 15 is 0 Å². The molecule has 1 fully saturated rings. The highest BCUT2D eigenvalue weighted by atomic mass is 19.4. The van der Waals surface area contributed by atoms with Crippen molar-refractivity contribution in [3.8, 4) is 0 Å². The predicted octanol–water partition coefficient (Wildman–Crippen LogP) is 1.98. The van der Waals surface area contributed by atoms with Gasteiger partial charge in [-0.1, -0.05) is 0 Å². The van der Waals surface area contributed by atoms with Gasteiger partial charge >= 0.3 is 6.18 Å². The lowest BCUT2D eigenvalue weighted by Gasteiger charge is -2.05. The molecule has 0 unspecified atom stereocenters. The van der Waals surface area contributed by atoms with Crippen LogP contribution in [-0.4, -0.2) is 19.4 Å². The van der Waals surface area contributed by atoms with Gasteiger partial charge in [-0.25, -0.2) is 0 Å². The number of hydrogen-bond donors (Lipinski definition) is 0. The van der Waals surface area contributed by atoms with E-state index in [2.05, 4.69) is 4.74 Å². The molecule has 0 amide bonds. The molecule has 0 bridgehead atoms. The first-order valence-electron chi connectivity index (χ1n) is 3.22. The summed E-state index contributed by atoms with van der Waals surface area (Å²) in [4.78, 5) is 0. The minimum Gasteiger partial charge on any atom is -0.372 e. The second-order valence-corrected chi connectivity index (χ2v) is 2.57. The Kier molecular flexibility index (Phi) is 2.18. The fourth-order valence-corrected chi connectivity index (χ4v) is 0.626. The minimum absolute atomic E-state index is 0.277. The second-order valence-electron chi connectivity index (χ2n) is 2.57. The van der Waals surface area contributed by atoms with Crippen LogP contribution in [0.2, 0.25) is 0 Å².